The molecule has 0 unspecified atom stereocenters. The van der Waals surface area contributed by atoms with Crippen molar-refractivity contribution in [1.29, 1.82) is 0 Å². The van der Waals surface area contributed by atoms with Crippen LogP contribution in [-0.2, 0) is 10.0 Å². The number of rotatable bonds is 2. The highest BCUT2D eigenvalue weighted by molar-refractivity contribution is 9.11. The molecule has 0 aromatic heterocycles. The molecule has 0 aliphatic carbocycles. The third kappa shape index (κ3) is 2.53. The predicted octanol–water partition coefficient (Wildman–Crippen LogP) is 3.77. The van der Waals surface area contributed by atoms with Gasteiger partial charge in [-0.25, -0.2) is 8.42 Å². The molecule has 0 amide bonds. The van der Waals surface area contributed by atoms with Crippen LogP contribution in [0.25, 0.3) is 0 Å². The van der Waals surface area contributed by atoms with Gasteiger partial charge in [-0.3, -0.25) is 0 Å². The molecule has 0 spiro atoms. The second-order valence-electron chi connectivity index (χ2n) is 5.07. The summed E-state index contributed by atoms with van der Waals surface area (Å²) < 4.78 is 28.4. The lowest BCUT2D eigenvalue weighted by Gasteiger charge is -2.30. The molecule has 1 aromatic rings. The molecule has 18 heavy (non-hydrogen) atoms. The zero-order valence-corrected chi connectivity index (χ0v) is 14.3. The molecule has 0 N–H and O–H groups in total. The second kappa shape index (κ2) is 4.89. The molecule has 3 nitrogen and oxygen atoms in total. The van der Waals surface area contributed by atoms with Gasteiger partial charge in [0.2, 0.25) is 10.0 Å². The first-order valence-electron chi connectivity index (χ1n) is 5.73. The van der Waals surface area contributed by atoms with E-state index in [9.17, 15) is 8.42 Å². The summed E-state index contributed by atoms with van der Waals surface area (Å²) in [6.45, 7) is 4.55. The quantitative estimate of drug-likeness (QED) is 0.762. The molecule has 0 atom stereocenters. The van der Waals surface area contributed by atoms with Gasteiger partial charge >= 0.3 is 0 Å². The minimum absolute atomic E-state index is 0.300. The Morgan fingerprint density at radius 1 is 1.28 bits per heavy atom. The van der Waals surface area contributed by atoms with Crippen molar-refractivity contribution in [3.8, 4) is 0 Å². The summed E-state index contributed by atoms with van der Waals surface area (Å²) in [5, 5.41) is 0. The highest BCUT2D eigenvalue weighted by atomic mass is 79.9. The molecule has 1 heterocycles. The number of sulfonamides is 1. The van der Waals surface area contributed by atoms with Gasteiger partial charge in [0.25, 0.3) is 0 Å². The standard InChI is InChI=1S/C12H15Br2NO2S/c1-12(2)6-3-7-15(12)18(16,17)11-5-4-9(13)8-10(11)14/h4-5,8H,3,6-7H2,1-2H3. The lowest BCUT2D eigenvalue weighted by Crippen LogP contribution is -2.42. The molecule has 0 bridgehead atoms. The fourth-order valence-corrected chi connectivity index (χ4v) is 5.89. The number of halogens is 2. The average Bonchev–Trinajstić information content (AvgIpc) is 2.58. The normalized spacial score (nSPS) is 20.2. The lowest BCUT2D eigenvalue weighted by atomic mass is 10.0. The van der Waals surface area contributed by atoms with Gasteiger partial charge in [0.05, 0.1) is 4.90 Å². The maximum absolute atomic E-state index is 12.7. The topological polar surface area (TPSA) is 37.4 Å². The lowest BCUT2D eigenvalue weighted by molar-refractivity contribution is 0.291. The van der Waals surface area contributed by atoms with Crippen LogP contribution >= 0.6 is 31.9 Å². The predicted molar refractivity (Wildman–Crippen MR) is 79.0 cm³/mol. The maximum Gasteiger partial charge on any atom is 0.244 e. The summed E-state index contributed by atoms with van der Waals surface area (Å²) in [7, 11) is -3.43. The molecule has 6 heteroatoms. The Morgan fingerprint density at radius 2 is 1.94 bits per heavy atom. The van der Waals surface area contributed by atoms with Crippen LogP contribution in [0.15, 0.2) is 32.0 Å². The Bertz CT molecular complexity index is 569. The fraction of sp³-hybridized carbons (Fsp3) is 0.500. The fourth-order valence-electron chi connectivity index (χ4n) is 2.33. The van der Waals surface area contributed by atoms with Crippen molar-refractivity contribution in [2.45, 2.75) is 37.1 Å². The molecular formula is C12H15Br2NO2S. The first-order valence-corrected chi connectivity index (χ1v) is 8.76. The third-order valence-corrected chi connectivity index (χ3v) is 6.87. The summed E-state index contributed by atoms with van der Waals surface area (Å²) in [5.41, 5.74) is -0.300. The number of hydrogen-bond acceptors (Lipinski definition) is 2. The monoisotopic (exact) mass is 395 g/mol. The van der Waals surface area contributed by atoms with Gasteiger partial charge in [-0.15, -0.1) is 0 Å². The highest BCUT2D eigenvalue weighted by Gasteiger charge is 2.41. The Hall–Kier alpha value is 0.0900. The third-order valence-electron chi connectivity index (χ3n) is 3.29. The molecule has 1 aliphatic rings. The van der Waals surface area contributed by atoms with Crippen molar-refractivity contribution in [2.24, 2.45) is 0 Å². The molecule has 2 rings (SSSR count). The summed E-state index contributed by atoms with van der Waals surface area (Å²) in [4.78, 5) is 0.334. The molecule has 1 fully saturated rings. The minimum Gasteiger partial charge on any atom is -0.207 e. The van der Waals surface area contributed by atoms with E-state index in [1.165, 1.54) is 0 Å². The summed E-state index contributed by atoms with van der Waals surface area (Å²) in [5.74, 6) is 0. The van der Waals surface area contributed by atoms with Crippen molar-refractivity contribution in [3.63, 3.8) is 0 Å². The van der Waals surface area contributed by atoms with E-state index >= 15 is 0 Å². The van der Waals surface area contributed by atoms with Crippen LogP contribution in [-0.4, -0.2) is 24.8 Å². The molecular weight excluding hydrogens is 382 g/mol. The highest BCUT2D eigenvalue weighted by Crippen LogP contribution is 2.36. The van der Waals surface area contributed by atoms with E-state index in [2.05, 4.69) is 31.9 Å². The van der Waals surface area contributed by atoms with Gasteiger partial charge in [0.15, 0.2) is 0 Å². The number of benzene rings is 1. The van der Waals surface area contributed by atoms with Crippen LogP contribution in [0, 0.1) is 0 Å². The van der Waals surface area contributed by atoms with Gasteiger partial charge in [0, 0.05) is 21.0 Å². The van der Waals surface area contributed by atoms with E-state index in [0.29, 0.717) is 15.9 Å². The molecule has 0 saturated carbocycles. The Balaban J connectivity index is 2.49. The van der Waals surface area contributed by atoms with Gasteiger partial charge in [-0.1, -0.05) is 15.9 Å². The summed E-state index contributed by atoms with van der Waals surface area (Å²) in [6, 6.07) is 5.15. The van der Waals surface area contributed by atoms with Gasteiger partial charge < -0.3 is 0 Å². The van der Waals surface area contributed by atoms with E-state index < -0.39 is 10.0 Å². The maximum atomic E-state index is 12.7. The van der Waals surface area contributed by atoms with Gasteiger partial charge in [0.1, 0.15) is 0 Å². The van der Waals surface area contributed by atoms with Crippen LogP contribution < -0.4 is 0 Å². The molecule has 1 saturated heterocycles. The molecule has 100 valence electrons. The zero-order valence-electron chi connectivity index (χ0n) is 10.3. The van der Waals surface area contributed by atoms with Crippen molar-refractivity contribution >= 4 is 41.9 Å². The Kier molecular flexibility index (Phi) is 3.94. The van der Waals surface area contributed by atoms with E-state index in [0.717, 1.165) is 17.3 Å². The van der Waals surface area contributed by atoms with Crippen molar-refractivity contribution < 1.29 is 8.42 Å². The van der Waals surface area contributed by atoms with Gasteiger partial charge in [-0.2, -0.15) is 4.31 Å². The SMILES string of the molecule is CC1(C)CCCN1S(=O)(=O)c1ccc(Br)cc1Br. The van der Waals surface area contributed by atoms with E-state index in [-0.39, 0.29) is 5.54 Å². The minimum atomic E-state index is -3.43. The Labute approximate surface area is 125 Å². The van der Waals surface area contributed by atoms with E-state index in [1.807, 2.05) is 13.8 Å². The van der Waals surface area contributed by atoms with Crippen LogP contribution in [0.4, 0.5) is 0 Å². The number of nitrogens with zero attached hydrogens (tertiary/aromatic N) is 1. The van der Waals surface area contributed by atoms with Crippen LogP contribution in [0.2, 0.25) is 0 Å². The molecule has 1 aliphatic heterocycles. The van der Waals surface area contributed by atoms with Crippen molar-refractivity contribution in [3.05, 3.63) is 27.1 Å². The first-order chi connectivity index (χ1) is 8.25. The van der Waals surface area contributed by atoms with Crippen LogP contribution in [0.3, 0.4) is 0 Å². The van der Waals surface area contributed by atoms with Crippen LogP contribution in [0.5, 0.6) is 0 Å². The second-order valence-corrected chi connectivity index (χ2v) is 8.67. The van der Waals surface area contributed by atoms with Gasteiger partial charge in [-0.05, 0) is 60.8 Å². The van der Waals surface area contributed by atoms with Crippen molar-refractivity contribution in [2.75, 3.05) is 6.54 Å². The summed E-state index contributed by atoms with van der Waals surface area (Å²) >= 11 is 6.66. The van der Waals surface area contributed by atoms with E-state index in [4.69, 9.17) is 0 Å². The van der Waals surface area contributed by atoms with Crippen molar-refractivity contribution in [1.82, 2.24) is 4.31 Å². The largest absolute Gasteiger partial charge is 0.244 e. The zero-order chi connectivity index (χ0) is 13.6. The van der Waals surface area contributed by atoms with E-state index in [1.54, 1.807) is 22.5 Å². The smallest absolute Gasteiger partial charge is 0.207 e. The molecule has 1 aromatic carbocycles. The Morgan fingerprint density at radius 3 is 2.44 bits per heavy atom. The van der Waals surface area contributed by atoms with Crippen LogP contribution in [0.1, 0.15) is 26.7 Å². The number of hydrogen-bond donors (Lipinski definition) is 0. The molecule has 0 radical (unpaired) electrons. The summed E-state index contributed by atoms with van der Waals surface area (Å²) in [6.07, 6.45) is 1.82. The average molecular weight is 397 g/mol. The first kappa shape index (κ1) is 14.5.